The molecule has 0 fully saturated rings. The quantitative estimate of drug-likeness (QED) is 0.399. The van der Waals surface area contributed by atoms with Crippen molar-refractivity contribution in [2.45, 2.75) is 39.0 Å². The third-order valence-electron chi connectivity index (χ3n) is 1.46. The largest absolute Gasteiger partial charge is 0.0846 e. The van der Waals surface area contributed by atoms with Crippen LogP contribution in [0.15, 0.2) is 24.3 Å². The average molecular weight is 151 g/mol. The summed E-state index contributed by atoms with van der Waals surface area (Å²) in [7, 11) is 0. The van der Waals surface area contributed by atoms with Gasteiger partial charge in [-0.1, -0.05) is 51.0 Å². The molecule has 0 heterocycles. The molecule has 0 bridgehead atoms. The molecule has 1 radical (unpaired) electrons. The number of rotatable bonds is 6. The van der Waals surface area contributed by atoms with Crippen LogP contribution in [-0.4, -0.2) is 0 Å². The van der Waals surface area contributed by atoms with Gasteiger partial charge >= 0.3 is 0 Å². The molecule has 0 N–H and O–H groups in total. The van der Waals surface area contributed by atoms with Gasteiger partial charge in [-0.05, 0) is 19.3 Å². The molecule has 63 valence electrons. The van der Waals surface area contributed by atoms with Crippen molar-refractivity contribution in [1.82, 2.24) is 0 Å². The minimum Gasteiger partial charge on any atom is -0.0846 e. The highest BCUT2D eigenvalue weighted by Gasteiger charge is 1.75. The first-order chi connectivity index (χ1) is 5.41. The van der Waals surface area contributed by atoms with Gasteiger partial charge in [0.25, 0.3) is 0 Å². The van der Waals surface area contributed by atoms with Crippen molar-refractivity contribution < 1.29 is 0 Å². The van der Waals surface area contributed by atoms with Gasteiger partial charge in [0.15, 0.2) is 0 Å². The minimum absolute atomic E-state index is 1.04. The normalized spacial score (nSPS) is 11.8. The monoisotopic (exact) mass is 151 g/mol. The van der Waals surface area contributed by atoms with E-state index in [0.29, 0.717) is 0 Å². The fourth-order valence-electron chi connectivity index (χ4n) is 0.778. The van der Waals surface area contributed by atoms with Crippen molar-refractivity contribution in [3.05, 3.63) is 31.2 Å². The van der Waals surface area contributed by atoms with Gasteiger partial charge in [-0.25, -0.2) is 0 Å². The molecule has 0 rings (SSSR count). The third-order valence-corrected chi connectivity index (χ3v) is 1.46. The molecule has 0 unspecified atom stereocenters. The molecule has 0 saturated heterocycles. The Morgan fingerprint density at radius 1 is 1.09 bits per heavy atom. The van der Waals surface area contributed by atoms with Crippen molar-refractivity contribution in [2.75, 3.05) is 0 Å². The molecule has 0 nitrogen and oxygen atoms in total. The zero-order chi connectivity index (χ0) is 8.36. The van der Waals surface area contributed by atoms with Crippen molar-refractivity contribution in [1.29, 1.82) is 0 Å². The Morgan fingerprint density at radius 2 is 1.73 bits per heavy atom. The lowest BCUT2D eigenvalue weighted by Crippen LogP contribution is -1.65. The van der Waals surface area contributed by atoms with Crippen LogP contribution in [0.4, 0.5) is 0 Å². The van der Waals surface area contributed by atoms with E-state index in [4.69, 9.17) is 0 Å². The lowest BCUT2D eigenvalue weighted by molar-refractivity contribution is 0.866. The lowest BCUT2D eigenvalue weighted by Gasteiger charge is -1.85. The second kappa shape index (κ2) is 9.48. The third kappa shape index (κ3) is 9.48. The Labute approximate surface area is 71.0 Å². The summed E-state index contributed by atoms with van der Waals surface area (Å²) in [6, 6.07) is 0. The predicted octanol–water partition coefficient (Wildman–Crippen LogP) is 3.90. The maximum atomic E-state index is 3.78. The zero-order valence-corrected chi connectivity index (χ0v) is 7.55. The molecule has 0 heteroatoms. The molecule has 0 saturated carbocycles. The summed E-state index contributed by atoms with van der Waals surface area (Å²) >= 11 is 0. The Balaban J connectivity index is 3.14. The Bertz CT molecular complexity index is 109. The molecule has 0 spiro atoms. The van der Waals surface area contributed by atoms with Crippen LogP contribution in [0.25, 0.3) is 0 Å². The highest BCUT2D eigenvalue weighted by molar-refractivity contribution is 5.02. The van der Waals surface area contributed by atoms with Gasteiger partial charge in [-0.2, -0.15) is 0 Å². The van der Waals surface area contributed by atoms with Gasteiger partial charge in [-0.3, -0.25) is 0 Å². The highest BCUT2D eigenvalue weighted by atomic mass is 13.8. The van der Waals surface area contributed by atoms with E-state index in [2.05, 4.69) is 38.2 Å². The van der Waals surface area contributed by atoms with Crippen molar-refractivity contribution in [3.63, 3.8) is 0 Å². The second-order valence-electron chi connectivity index (χ2n) is 2.64. The van der Waals surface area contributed by atoms with Gasteiger partial charge in [0, 0.05) is 0 Å². The fraction of sp³-hybridized carbons (Fsp3) is 0.545. The molecule has 11 heavy (non-hydrogen) atoms. The van der Waals surface area contributed by atoms with E-state index < -0.39 is 0 Å². The van der Waals surface area contributed by atoms with Crippen LogP contribution in [0, 0.1) is 6.92 Å². The van der Waals surface area contributed by atoms with Crippen LogP contribution in [0.3, 0.4) is 0 Å². The number of hydrogen-bond donors (Lipinski definition) is 0. The van der Waals surface area contributed by atoms with Crippen LogP contribution in [0.1, 0.15) is 39.0 Å². The van der Waals surface area contributed by atoms with Crippen LogP contribution in [0.2, 0.25) is 0 Å². The molecule has 0 aromatic heterocycles. The SMILES string of the molecule is [CH2]CCCC=CC=CCCC. The molecule has 0 aromatic carbocycles. The zero-order valence-electron chi connectivity index (χ0n) is 7.55. The summed E-state index contributed by atoms with van der Waals surface area (Å²) in [4.78, 5) is 0. The predicted molar refractivity (Wildman–Crippen MR) is 52.4 cm³/mol. The van der Waals surface area contributed by atoms with E-state index in [0.717, 1.165) is 6.42 Å². The van der Waals surface area contributed by atoms with E-state index >= 15 is 0 Å². The first kappa shape index (κ1) is 10.5. The highest BCUT2D eigenvalue weighted by Crippen LogP contribution is 1.95. The van der Waals surface area contributed by atoms with Gasteiger partial charge < -0.3 is 0 Å². The van der Waals surface area contributed by atoms with Crippen molar-refractivity contribution in [3.8, 4) is 0 Å². The molecule has 0 aliphatic rings. The fourth-order valence-corrected chi connectivity index (χ4v) is 0.778. The van der Waals surface area contributed by atoms with E-state index in [1.807, 2.05) is 0 Å². The van der Waals surface area contributed by atoms with Gasteiger partial charge in [0.05, 0.1) is 0 Å². The Hall–Kier alpha value is -0.520. The summed E-state index contributed by atoms with van der Waals surface area (Å²) in [5.41, 5.74) is 0. The first-order valence-corrected chi connectivity index (χ1v) is 4.52. The van der Waals surface area contributed by atoms with Crippen molar-refractivity contribution >= 4 is 0 Å². The molecule has 0 atom stereocenters. The first-order valence-electron chi connectivity index (χ1n) is 4.52. The van der Waals surface area contributed by atoms with Crippen LogP contribution in [-0.2, 0) is 0 Å². The van der Waals surface area contributed by atoms with Crippen LogP contribution in [0.5, 0.6) is 0 Å². The second-order valence-corrected chi connectivity index (χ2v) is 2.64. The number of unbranched alkanes of at least 4 members (excludes halogenated alkanes) is 3. The van der Waals surface area contributed by atoms with E-state index in [9.17, 15) is 0 Å². The summed E-state index contributed by atoms with van der Waals surface area (Å²) in [6.45, 7) is 5.97. The van der Waals surface area contributed by atoms with Gasteiger partial charge in [-0.15, -0.1) is 0 Å². The topological polar surface area (TPSA) is 0 Å². The molecule has 0 aromatic rings. The van der Waals surface area contributed by atoms with Crippen molar-refractivity contribution in [2.24, 2.45) is 0 Å². The maximum absolute atomic E-state index is 3.78. The number of hydrogen-bond acceptors (Lipinski definition) is 0. The maximum Gasteiger partial charge on any atom is -0.0348 e. The summed E-state index contributed by atoms with van der Waals surface area (Å²) < 4.78 is 0. The smallest absolute Gasteiger partial charge is 0.0348 e. The van der Waals surface area contributed by atoms with Crippen LogP contribution >= 0.6 is 0 Å². The van der Waals surface area contributed by atoms with Crippen LogP contribution < -0.4 is 0 Å². The number of allylic oxidation sites excluding steroid dienone is 4. The van der Waals surface area contributed by atoms with E-state index in [1.54, 1.807) is 0 Å². The summed E-state index contributed by atoms with van der Waals surface area (Å²) in [5.74, 6) is 0. The van der Waals surface area contributed by atoms with Gasteiger partial charge in [0.2, 0.25) is 0 Å². The molecular weight excluding hydrogens is 132 g/mol. The van der Waals surface area contributed by atoms with E-state index in [1.165, 1.54) is 25.7 Å². The minimum atomic E-state index is 1.04. The standard InChI is InChI=1S/C11H19/c1-3-5-7-9-11-10-8-6-4-2/h8-11H,1,3-7H2,2H3. The Kier molecular flexibility index (Phi) is 9.03. The molecule has 0 aliphatic heterocycles. The molecule has 0 aliphatic carbocycles. The average Bonchev–Trinajstić information content (AvgIpc) is 2.03. The Morgan fingerprint density at radius 3 is 2.27 bits per heavy atom. The molecule has 0 amide bonds. The summed E-state index contributed by atoms with van der Waals surface area (Å²) in [5, 5.41) is 0. The lowest BCUT2D eigenvalue weighted by atomic mass is 10.2. The van der Waals surface area contributed by atoms with Gasteiger partial charge in [0.1, 0.15) is 0 Å². The summed E-state index contributed by atoms with van der Waals surface area (Å²) in [6.07, 6.45) is 14.5. The van der Waals surface area contributed by atoms with E-state index in [-0.39, 0.29) is 0 Å². The molecular formula is C11H19.